The van der Waals surface area contributed by atoms with Gasteiger partial charge in [0.05, 0.1) is 0 Å². The van der Waals surface area contributed by atoms with Gasteiger partial charge in [0.15, 0.2) is 0 Å². The third-order valence-electron chi connectivity index (χ3n) is 2.89. The van der Waals surface area contributed by atoms with E-state index in [0.29, 0.717) is 0 Å². The van der Waals surface area contributed by atoms with Gasteiger partial charge >= 0.3 is 0 Å². The molecule has 0 aliphatic rings. The van der Waals surface area contributed by atoms with Crippen LogP contribution in [0.4, 0.5) is 0 Å². The van der Waals surface area contributed by atoms with E-state index in [0.717, 1.165) is 6.07 Å². The number of fused-ring (bicyclic) bond motifs is 1. The Balaban J connectivity index is 3.43. The molecule has 0 saturated carbocycles. The average Bonchev–Trinajstić information content (AvgIpc) is 2.34. The van der Waals surface area contributed by atoms with Gasteiger partial charge in [0.2, 0.25) is 0 Å². The highest BCUT2D eigenvalue weighted by Gasteiger charge is 2.36. The summed E-state index contributed by atoms with van der Waals surface area (Å²) < 4.78 is 97.3. The maximum atomic E-state index is 11.6. The summed E-state index contributed by atoms with van der Waals surface area (Å²) in [6.45, 7) is 0. The van der Waals surface area contributed by atoms with E-state index < -0.39 is 45.0 Å². The zero-order valence-electron chi connectivity index (χ0n) is 10.9. The summed E-state index contributed by atoms with van der Waals surface area (Å²) in [5.74, 6) is 0. The summed E-state index contributed by atoms with van der Waals surface area (Å²) in [4.78, 5) is -4.31. The van der Waals surface area contributed by atoms with Gasteiger partial charge in [-0.15, -0.1) is 9.24 Å². The number of hydrogen-bond acceptors (Lipinski definition) is 6. The van der Waals surface area contributed by atoms with Gasteiger partial charge in [0.1, 0.15) is 14.7 Å². The van der Waals surface area contributed by atoms with Crippen molar-refractivity contribution in [2.45, 2.75) is 14.7 Å². The van der Waals surface area contributed by atoms with Crippen LogP contribution in [0.3, 0.4) is 0 Å². The Morgan fingerprint density at radius 3 is 1.43 bits per heavy atom. The van der Waals surface area contributed by atoms with Crippen molar-refractivity contribution >= 4 is 55.7 Å². The molecule has 0 radical (unpaired) electrons. The molecule has 2 aromatic rings. The van der Waals surface area contributed by atoms with Gasteiger partial charge in [0, 0.05) is 10.7 Å². The summed E-state index contributed by atoms with van der Waals surface area (Å²) in [5, 5.41) is -0.812. The van der Waals surface area contributed by atoms with Gasteiger partial charge in [-0.3, -0.25) is 13.7 Å². The summed E-state index contributed by atoms with van der Waals surface area (Å²) in [5.41, 5.74) is 0. The fourth-order valence-corrected chi connectivity index (χ4v) is 6.61. The number of benzene rings is 2. The quantitative estimate of drug-likeness (QED) is 0.478. The molecular weight excluding hydrogens is 391 g/mol. The third kappa shape index (κ3) is 3.24. The van der Waals surface area contributed by atoms with E-state index in [4.69, 9.17) is 0 Å². The van der Waals surface area contributed by atoms with Crippen LogP contribution in [-0.2, 0) is 30.4 Å². The van der Waals surface area contributed by atoms with Crippen molar-refractivity contribution in [1.82, 2.24) is 0 Å². The zero-order valence-corrected chi connectivity index (χ0v) is 14.5. The van der Waals surface area contributed by atoms with Crippen molar-refractivity contribution in [3.63, 3.8) is 0 Å². The van der Waals surface area contributed by atoms with Gasteiger partial charge in [-0.25, -0.2) is 0 Å². The van der Waals surface area contributed by atoms with Crippen molar-refractivity contribution in [2.24, 2.45) is 0 Å². The van der Waals surface area contributed by atoms with Crippen molar-refractivity contribution in [2.75, 3.05) is 0 Å². The smallest absolute Gasteiger partial charge is 0.282 e. The van der Waals surface area contributed by atoms with Crippen LogP contribution in [0.5, 0.6) is 0 Å². The molecular formula is C10H9O9PS3. The van der Waals surface area contributed by atoms with Gasteiger partial charge in [-0.05, 0) is 5.39 Å². The molecule has 0 aromatic heterocycles. The van der Waals surface area contributed by atoms with Crippen LogP contribution in [0, 0.1) is 0 Å². The topological polar surface area (TPSA) is 163 Å². The van der Waals surface area contributed by atoms with Crippen LogP contribution in [0.15, 0.2) is 39.0 Å². The first-order valence-electron chi connectivity index (χ1n) is 5.53. The fraction of sp³-hybridized carbons (Fsp3) is 0. The molecule has 0 saturated heterocycles. The minimum Gasteiger partial charge on any atom is -0.282 e. The Morgan fingerprint density at radius 2 is 1.04 bits per heavy atom. The Hall–Kier alpha value is -1.14. The van der Waals surface area contributed by atoms with Gasteiger partial charge in [0.25, 0.3) is 30.4 Å². The molecule has 0 heterocycles. The SMILES string of the molecule is O=S(=O)(O)c1c(S(=O)(=O)O)c(S(=O)(=O)O)c2ccccc2c1P. The molecule has 23 heavy (non-hydrogen) atoms. The number of rotatable bonds is 3. The number of hydrogen-bond donors (Lipinski definition) is 3. The molecule has 126 valence electrons. The van der Waals surface area contributed by atoms with Gasteiger partial charge in [-0.1, -0.05) is 24.3 Å². The van der Waals surface area contributed by atoms with Gasteiger partial charge < -0.3 is 0 Å². The molecule has 0 fully saturated rings. The lowest BCUT2D eigenvalue weighted by Gasteiger charge is -2.15. The second-order valence-electron chi connectivity index (χ2n) is 4.37. The normalized spacial score (nSPS) is 13.4. The van der Waals surface area contributed by atoms with Gasteiger partial charge in [-0.2, -0.15) is 25.3 Å². The van der Waals surface area contributed by atoms with Crippen LogP contribution in [0.25, 0.3) is 10.8 Å². The molecule has 0 aliphatic heterocycles. The molecule has 0 amide bonds. The van der Waals surface area contributed by atoms with Crippen LogP contribution in [0.1, 0.15) is 0 Å². The van der Waals surface area contributed by atoms with Crippen LogP contribution >= 0.6 is 9.24 Å². The van der Waals surface area contributed by atoms with E-state index in [9.17, 15) is 38.9 Å². The molecule has 9 nitrogen and oxygen atoms in total. The lowest BCUT2D eigenvalue weighted by atomic mass is 10.1. The molecule has 3 N–H and O–H groups in total. The zero-order chi connectivity index (χ0) is 17.8. The van der Waals surface area contributed by atoms with Crippen LogP contribution in [0.2, 0.25) is 0 Å². The van der Waals surface area contributed by atoms with Crippen molar-refractivity contribution in [3.8, 4) is 0 Å². The Morgan fingerprint density at radius 1 is 0.652 bits per heavy atom. The summed E-state index contributed by atoms with van der Waals surface area (Å²) >= 11 is 0. The molecule has 0 aliphatic carbocycles. The minimum absolute atomic E-state index is 0.0786. The highest BCUT2D eigenvalue weighted by molar-refractivity contribution is 7.91. The summed E-state index contributed by atoms with van der Waals surface area (Å²) in [6, 6.07) is 5.05. The molecule has 1 atom stereocenters. The first-order chi connectivity index (χ1) is 10.3. The Labute approximate surface area is 133 Å². The van der Waals surface area contributed by atoms with E-state index in [1.807, 2.05) is 9.24 Å². The van der Waals surface area contributed by atoms with Crippen molar-refractivity contribution < 1.29 is 38.9 Å². The summed E-state index contributed by atoms with van der Waals surface area (Å²) in [6.07, 6.45) is 0. The predicted octanol–water partition coefficient (Wildman–Crippen LogP) is 0.0803. The predicted molar refractivity (Wildman–Crippen MR) is 82.7 cm³/mol. The molecule has 0 bridgehead atoms. The molecule has 1 unspecified atom stereocenters. The van der Waals surface area contributed by atoms with E-state index in [2.05, 4.69) is 0 Å². The molecule has 2 aromatic carbocycles. The second-order valence-corrected chi connectivity index (χ2v) is 9.02. The van der Waals surface area contributed by atoms with Crippen molar-refractivity contribution in [3.05, 3.63) is 24.3 Å². The molecule has 0 spiro atoms. The first-order valence-corrected chi connectivity index (χ1v) is 10.4. The minimum atomic E-state index is -5.44. The Bertz CT molecular complexity index is 1130. The van der Waals surface area contributed by atoms with Crippen molar-refractivity contribution in [1.29, 1.82) is 0 Å². The maximum absolute atomic E-state index is 11.6. The van der Waals surface area contributed by atoms with Crippen LogP contribution in [-0.4, -0.2) is 38.9 Å². The first kappa shape index (κ1) is 18.2. The van der Waals surface area contributed by atoms with E-state index in [-0.39, 0.29) is 16.1 Å². The largest absolute Gasteiger partial charge is 0.297 e. The van der Waals surface area contributed by atoms with E-state index in [1.54, 1.807) is 0 Å². The van der Waals surface area contributed by atoms with Crippen LogP contribution < -0.4 is 5.30 Å². The molecule has 2 rings (SSSR count). The van der Waals surface area contributed by atoms with E-state index >= 15 is 0 Å². The fourth-order valence-electron chi connectivity index (χ4n) is 2.13. The van der Waals surface area contributed by atoms with E-state index in [1.165, 1.54) is 18.2 Å². The molecule has 13 heteroatoms. The average molecular weight is 400 g/mol. The highest BCUT2D eigenvalue weighted by Crippen LogP contribution is 2.35. The standard InChI is InChI=1S/C10H9O9PS3/c11-21(12,13)8-6-4-2-1-3-5(6)7(20)9(22(14,15)16)10(8)23(17,18)19/h1-4H,20H2,(H,11,12,13)(H,14,15,16)(H,17,18,19). The lowest BCUT2D eigenvalue weighted by molar-refractivity contribution is 0.458. The Kier molecular flexibility index (Phi) is 4.31. The monoisotopic (exact) mass is 400 g/mol. The maximum Gasteiger partial charge on any atom is 0.297 e. The second kappa shape index (κ2) is 5.45. The summed E-state index contributed by atoms with van der Waals surface area (Å²) in [7, 11) is -14.1. The highest BCUT2D eigenvalue weighted by atomic mass is 32.2. The third-order valence-corrected chi connectivity index (χ3v) is 6.76. The lowest BCUT2D eigenvalue weighted by Crippen LogP contribution is -2.21.